The van der Waals surface area contributed by atoms with Gasteiger partial charge >= 0.3 is 0 Å². The monoisotopic (exact) mass is 438 g/mol. The number of rotatable bonds is 6. The van der Waals surface area contributed by atoms with Crippen molar-refractivity contribution in [2.45, 2.75) is 25.7 Å². The Balaban J connectivity index is 1.84. The predicted octanol–water partition coefficient (Wildman–Crippen LogP) is 4.70. The highest BCUT2D eigenvalue weighted by Gasteiger charge is 2.24. The third-order valence-electron chi connectivity index (χ3n) is 5.11. The van der Waals surface area contributed by atoms with E-state index in [0.29, 0.717) is 17.0 Å². The van der Waals surface area contributed by atoms with Crippen LogP contribution < -0.4 is 14.4 Å². The fraction of sp³-hybridized carbons (Fsp3) is 0.208. The molecule has 0 radical (unpaired) electrons. The summed E-state index contributed by atoms with van der Waals surface area (Å²) in [7, 11) is -0.863. The highest BCUT2D eigenvalue weighted by molar-refractivity contribution is 7.92. The third-order valence-corrected chi connectivity index (χ3v) is 6.90. The molecule has 7 heteroatoms. The van der Waals surface area contributed by atoms with Gasteiger partial charge in [0.2, 0.25) is 0 Å². The van der Waals surface area contributed by atoms with Gasteiger partial charge in [0.15, 0.2) is 0 Å². The van der Waals surface area contributed by atoms with Gasteiger partial charge < -0.3 is 10.1 Å². The number of aryl methyl sites for hydroxylation is 3. The summed E-state index contributed by atoms with van der Waals surface area (Å²) in [5, 5.41) is 2.93. The van der Waals surface area contributed by atoms with Crippen molar-refractivity contribution in [1.29, 1.82) is 0 Å². The van der Waals surface area contributed by atoms with Gasteiger partial charge in [-0.25, -0.2) is 8.42 Å². The average Bonchev–Trinajstić information content (AvgIpc) is 2.75. The number of amides is 1. The van der Waals surface area contributed by atoms with Crippen molar-refractivity contribution in [2.75, 3.05) is 23.8 Å². The first-order valence-electron chi connectivity index (χ1n) is 9.76. The first-order chi connectivity index (χ1) is 14.6. The lowest BCUT2D eigenvalue weighted by atomic mass is 10.0. The molecular formula is C24H26N2O4S. The number of hydrogen-bond donors (Lipinski definition) is 1. The van der Waals surface area contributed by atoms with Gasteiger partial charge in [0.1, 0.15) is 5.75 Å². The van der Waals surface area contributed by atoms with Gasteiger partial charge in [-0.1, -0.05) is 29.8 Å². The van der Waals surface area contributed by atoms with Gasteiger partial charge in [-0.2, -0.15) is 0 Å². The summed E-state index contributed by atoms with van der Waals surface area (Å²) in [5.41, 5.74) is 4.65. The number of carbonyl (C=O) groups excluding carboxylic acids is 1. The SMILES string of the molecule is COc1ccccc1N(C)S(=O)(=O)c1ccc(C(=O)Nc2c(C)cc(C)cc2C)cc1. The lowest BCUT2D eigenvalue weighted by molar-refractivity contribution is 0.102. The van der Waals surface area contributed by atoms with Crippen LogP contribution in [0.5, 0.6) is 5.75 Å². The molecule has 162 valence electrons. The quantitative estimate of drug-likeness (QED) is 0.605. The number of para-hydroxylation sites is 2. The molecule has 3 rings (SSSR count). The van der Waals surface area contributed by atoms with Gasteiger partial charge in [0.05, 0.1) is 17.7 Å². The van der Waals surface area contributed by atoms with Crippen molar-refractivity contribution in [1.82, 2.24) is 0 Å². The van der Waals surface area contributed by atoms with Gasteiger partial charge in [0.25, 0.3) is 15.9 Å². The van der Waals surface area contributed by atoms with E-state index in [1.165, 1.54) is 42.7 Å². The minimum atomic E-state index is -3.82. The lowest BCUT2D eigenvalue weighted by Gasteiger charge is -2.21. The maximum absolute atomic E-state index is 13.1. The summed E-state index contributed by atoms with van der Waals surface area (Å²) in [6.45, 7) is 5.89. The molecule has 0 unspecified atom stereocenters. The predicted molar refractivity (Wildman–Crippen MR) is 124 cm³/mol. The molecule has 31 heavy (non-hydrogen) atoms. The number of anilines is 2. The van der Waals surface area contributed by atoms with E-state index in [4.69, 9.17) is 4.74 Å². The largest absolute Gasteiger partial charge is 0.495 e. The molecule has 0 atom stereocenters. The van der Waals surface area contributed by atoms with Crippen LogP contribution in [0.4, 0.5) is 11.4 Å². The Bertz CT molecular complexity index is 1200. The van der Waals surface area contributed by atoms with Crippen molar-refractivity contribution < 1.29 is 17.9 Å². The summed E-state index contributed by atoms with van der Waals surface area (Å²) in [6, 6.07) is 16.8. The van der Waals surface area contributed by atoms with Crippen LogP contribution in [0.1, 0.15) is 27.0 Å². The summed E-state index contributed by atoms with van der Waals surface area (Å²) in [5.74, 6) is 0.158. The maximum atomic E-state index is 13.1. The van der Waals surface area contributed by atoms with E-state index in [1.54, 1.807) is 24.3 Å². The second-order valence-electron chi connectivity index (χ2n) is 7.40. The zero-order valence-electron chi connectivity index (χ0n) is 18.3. The summed E-state index contributed by atoms with van der Waals surface area (Å²) < 4.78 is 32.6. The fourth-order valence-corrected chi connectivity index (χ4v) is 4.72. The number of ether oxygens (including phenoxy) is 1. The number of carbonyl (C=O) groups is 1. The maximum Gasteiger partial charge on any atom is 0.264 e. The van der Waals surface area contributed by atoms with E-state index >= 15 is 0 Å². The van der Waals surface area contributed by atoms with E-state index in [9.17, 15) is 13.2 Å². The molecule has 0 saturated heterocycles. The Kier molecular flexibility index (Phi) is 6.36. The van der Waals surface area contributed by atoms with Crippen LogP contribution in [0.15, 0.2) is 65.6 Å². The topological polar surface area (TPSA) is 75.7 Å². The van der Waals surface area contributed by atoms with Crippen molar-refractivity contribution in [3.05, 3.63) is 82.9 Å². The number of hydrogen-bond acceptors (Lipinski definition) is 4. The van der Waals surface area contributed by atoms with Crippen LogP contribution in [0.3, 0.4) is 0 Å². The molecule has 0 saturated carbocycles. The van der Waals surface area contributed by atoms with Crippen molar-refractivity contribution in [3.63, 3.8) is 0 Å². The molecule has 0 aliphatic rings. The average molecular weight is 439 g/mol. The Labute approximate surface area is 183 Å². The smallest absolute Gasteiger partial charge is 0.264 e. The number of sulfonamides is 1. The van der Waals surface area contributed by atoms with Crippen molar-refractivity contribution in [3.8, 4) is 5.75 Å². The molecular weight excluding hydrogens is 412 g/mol. The first kappa shape index (κ1) is 22.4. The molecule has 0 aliphatic carbocycles. The van der Waals surface area contributed by atoms with E-state index in [2.05, 4.69) is 5.32 Å². The molecule has 0 bridgehead atoms. The zero-order chi connectivity index (χ0) is 22.8. The first-order valence-corrected chi connectivity index (χ1v) is 11.2. The van der Waals surface area contributed by atoms with Crippen LogP contribution in [-0.4, -0.2) is 28.5 Å². The number of nitrogens with one attached hydrogen (secondary N) is 1. The van der Waals surface area contributed by atoms with Crippen LogP contribution in [-0.2, 0) is 10.0 Å². The number of methoxy groups -OCH3 is 1. The molecule has 0 aliphatic heterocycles. The molecule has 0 spiro atoms. The van der Waals surface area contributed by atoms with Crippen molar-refractivity contribution in [2.24, 2.45) is 0 Å². The Morgan fingerprint density at radius 2 is 1.52 bits per heavy atom. The third kappa shape index (κ3) is 4.56. The van der Waals surface area contributed by atoms with Crippen LogP contribution in [0.25, 0.3) is 0 Å². The molecule has 3 aromatic rings. The molecule has 6 nitrogen and oxygen atoms in total. The van der Waals surface area contributed by atoms with Crippen LogP contribution in [0, 0.1) is 20.8 Å². The number of nitrogens with zero attached hydrogens (tertiary/aromatic N) is 1. The summed E-state index contributed by atoms with van der Waals surface area (Å²) >= 11 is 0. The van der Waals surface area contributed by atoms with Gasteiger partial charge in [-0.05, 0) is 68.3 Å². The molecule has 1 N–H and O–H groups in total. The molecule has 0 aromatic heterocycles. The second kappa shape index (κ2) is 8.81. The minimum Gasteiger partial charge on any atom is -0.495 e. The van der Waals surface area contributed by atoms with E-state index < -0.39 is 10.0 Å². The fourth-order valence-electron chi connectivity index (χ4n) is 3.52. The van der Waals surface area contributed by atoms with Gasteiger partial charge in [-0.3, -0.25) is 9.10 Å². The Morgan fingerprint density at radius 1 is 0.935 bits per heavy atom. The standard InChI is InChI=1S/C24H26N2O4S/c1-16-14-17(2)23(18(3)15-16)25-24(27)19-10-12-20(13-11-19)31(28,29)26(4)21-8-6-7-9-22(21)30-5/h6-15H,1-5H3,(H,25,27). The highest BCUT2D eigenvalue weighted by atomic mass is 32.2. The molecule has 0 fully saturated rings. The lowest BCUT2D eigenvalue weighted by Crippen LogP contribution is -2.27. The minimum absolute atomic E-state index is 0.0835. The number of benzene rings is 3. The highest BCUT2D eigenvalue weighted by Crippen LogP contribution is 2.31. The molecule has 3 aromatic carbocycles. The zero-order valence-corrected chi connectivity index (χ0v) is 19.1. The van der Waals surface area contributed by atoms with E-state index in [1.807, 2.05) is 32.9 Å². The Morgan fingerprint density at radius 3 is 2.10 bits per heavy atom. The molecule has 1 amide bonds. The van der Waals surface area contributed by atoms with E-state index in [0.717, 1.165) is 22.4 Å². The molecule has 0 heterocycles. The second-order valence-corrected chi connectivity index (χ2v) is 9.37. The van der Waals surface area contributed by atoms with Crippen LogP contribution >= 0.6 is 0 Å². The summed E-state index contributed by atoms with van der Waals surface area (Å²) in [4.78, 5) is 12.8. The van der Waals surface area contributed by atoms with Crippen molar-refractivity contribution >= 4 is 27.3 Å². The Hall–Kier alpha value is -3.32. The van der Waals surface area contributed by atoms with Crippen LogP contribution in [0.2, 0.25) is 0 Å². The van der Waals surface area contributed by atoms with Gasteiger partial charge in [-0.15, -0.1) is 0 Å². The summed E-state index contributed by atoms with van der Waals surface area (Å²) in [6.07, 6.45) is 0. The van der Waals surface area contributed by atoms with E-state index in [-0.39, 0.29) is 10.8 Å². The normalized spacial score (nSPS) is 11.1. The van der Waals surface area contributed by atoms with Gasteiger partial charge in [0, 0.05) is 18.3 Å².